The number of hydrogen-bond acceptors (Lipinski definition) is 3. The van der Waals surface area contributed by atoms with E-state index in [4.69, 9.17) is 0 Å². The minimum Gasteiger partial charge on any atom is -0.316 e. The van der Waals surface area contributed by atoms with E-state index in [0.29, 0.717) is 0 Å². The summed E-state index contributed by atoms with van der Waals surface area (Å²) in [5.41, 5.74) is 1.49. The van der Waals surface area contributed by atoms with Gasteiger partial charge in [-0.05, 0) is 48.8 Å². The van der Waals surface area contributed by atoms with Gasteiger partial charge >= 0.3 is 0 Å². The van der Waals surface area contributed by atoms with Gasteiger partial charge < -0.3 is 10.2 Å². The highest BCUT2D eigenvalue weighted by atomic mass is 32.1. The molecule has 0 saturated carbocycles. The summed E-state index contributed by atoms with van der Waals surface area (Å²) in [4.78, 5) is 2.55. The largest absolute Gasteiger partial charge is 0.316 e. The second-order valence-corrected chi connectivity index (χ2v) is 4.74. The van der Waals surface area contributed by atoms with Crippen LogP contribution in [0, 0.1) is 0 Å². The number of likely N-dealkylation sites (tertiary alicyclic amines) is 1. The third kappa shape index (κ3) is 2.56. The summed E-state index contributed by atoms with van der Waals surface area (Å²) in [6.45, 7) is 3.70. The molecular formula is C11H18N2S. The highest BCUT2D eigenvalue weighted by molar-refractivity contribution is 7.07. The van der Waals surface area contributed by atoms with Crippen LogP contribution in [0.4, 0.5) is 0 Å². The molecule has 0 aromatic carbocycles. The first-order valence-corrected chi connectivity index (χ1v) is 6.23. The van der Waals surface area contributed by atoms with E-state index >= 15 is 0 Å². The lowest BCUT2D eigenvalue weighted by Crippen LogP contribution is -2.30. The molecule has 1 atom stereocenters. The summed E-state index contributed by atoms with van der Waals surface area (Å²) < 4.78 is 0. The Kier molecular flexibility index (Phi) is 3.56. The molecule has 14 heavy (non-hydrogen) atoms. The molecule has 1 aromatic rings. The van der Waals surface area contributed by atoms with Crippen molar-refractivity contribution in [2.45, 2.75) is 18.9 Å². The normalized spacial score (nSPS) is 23.1. The van der Waals surface area contributed by atoms with Crippen LogP contribution in [0.5, 0.6) is 0 Å². The lowest BCUT2D eigenvalue weighted by atomic mass is 10.2. The van der Waals surface area contributed by atoms with E-state index in [1.165, 1.54) is 38.0 Å². The van der Waals surface area contributed by atoms with Crippen molar-refractivity contribution < 1.29 is 0 Å². The molecule has 0 spiro atoms. The zero-order valence-corrected chi connectivity index (χ0v) is 9.52. The molecular weight excluding hydrogens is 192 g/mol. The summed E-state index contributed by atoms with van der Waals surface area (Å²) >= 11 is 1.80. The fraction of sp³-hybridized carbons (Fsp3) is 0.636. The van der Waals surface area contributed by atoms with Crippen LogP contribution >= 0.6 is 11.3 Å². The van der Waals surface area contributed by atoms with Crippen LogP contribution in [-0.4, -0.2) is 37.6 Å². The lowest BCUT2D eigenvalue weighted by Gasteiger charge is -2.14. The van der Waals surface area contributed by atoms with Gasteiger partial charge in [0.15, 0.2) is 0 Å². The predicted octanol–water partition coefficient (Wildman–Crippen LogP) is 1.58. The topological polar surface area (TPSA) is 15.3 Å². The molecule has 2 nitrogen and oxygen atoms in total. The molecule has 1 aromatic heterocycles. The van der Waals surface area contributed by atoms with E-state index < -0.39 is 0 Å². The third-order valence-electron chi connectivity index (χ3n) is 2.98. The Hall–Kier alpha value is -0.380. The summed E-state index contributed by atoms with van der Waals surface area (Å²) in [5, 5.41) is 7.77. The maximum absolute atomic E-state index is 3.35. The first-order chi connectivity index (χ1) is 6.88. The zero-order valence-electron chi connectivity index (χ0n) is 8.70. The fourth-order valence-corrected chi connectivity index (χ4v) is 2.70. The maximum atomic E-state index is 3.35. The molecule has 0 aliphatic carbocycles. The Bertz CT molecular complexity index is 258. The monoisotopic (exact) mass is 210 g/mol. The second kappa shape index (κ2) is 4.91. The average Bonchev–Trinajstić information content (AvgIpc) is 2.86. The van der Waals surface area contributed by atoms with Crippen LogP contribution in [0.15, 0.2) is 16.8 Å². The van der Waals surface area contributed by atoms with Gasteiger partial charge in [0.05, 0.1) is 0 Å². The van der Waals surface area contributed by atoms with Crippen LogP contribution in [0.1, 0.15) is 12.0 Å². The molecule has 0 radical (unpaired) electrons. The van der Waals surface area contributed by atoms with Crippen molar-refractivity contribution in [3.8, 4) is 0 Å². The number of nitrogens with zero attached hydrogens (tertiary/aromatic N) is 1. The molecule has 1 aliphatic heterocycles. The van der Waals surface area contributed by atoms with Gasteiger partial charge in [0.2, 0.25) is 0 Å². The number of likely N-dealkylation sites (N-methyl/N-ethyl adjacent to an activating group) is 1. The van der Waals surface area contributed by atoms with E-state index in [-0.39, 0.29) is 0 Å². The Balaban J connectivity index is 1.72. The van der Waals surface area contributed by atoms with Gasteiger partial charge in [0.1, 0.15) is 0 Å². The van der Waals surface area contributed by atoms with Crippen LogP contribution in [0.2, 0.25) is 0 Å². The maximum Gasteiger partial charge on any atom is 0.0204 e. The van der Waals surface area contributed by atoms with Gasteiger partial charge in [-0.3, -0.25) is 0 Å². The Morgan fingerprint density at radius 1 is 1.64 bits per heavy atom. The SMILES string of the molecule is CNC1CCN(CCc2ccsc2)C1. The molecule has 1 fully saturated rings. The molecule has 2 rings (SSSR count). The summed E-state index contributed by atoms with van der Waals surface area (Å²) in [6, 6.07) is 2.95. The second-order valence-electron chi connectivity index (χ2n) is 3.96. The Labute approximate surface area is 89.9 Å². The smallest absolute Gasteiger partial charge is 0.0204 e. The summed E-state index contributed by atoms with van der Waals surface area (Å²) in [7, 11) is 2.06. The highest BCUT2D eigenvalue weighted by Crippen LogP contribution is 2.11. The van der Waals surface area contributed by atoms with Gasteiger partial charge in [-0.2, -0.15) is 11.3 Å². The van der Waals surface area contributed by atoms with Crippen molar-refractivity contribution in [3.63, 3.8) is 0 Å². The molecule has 1 aliphatic rings. The van der Waals surface area contributed by atoms with Gasteiger partial charge in [0, 0.05) is 19.1 Å². The summed E-state index contributed by atoms with van der Waals surface area (Å²) in [5.74, 6) is 0. The third-order valence-corrected chi connectivity index (χ3v) is 3.71. The minimum atomic E-state index is 0.720. The first kappa shape index (κ1) is 10.1. The van der Waals surface area contributed by atoms with E-state index in [1.807, 2.05) is 0 Å². The van der Waals surface area contributed by atoms with Gasteiger partial charge in [-0.25, -0.2) is 0 Å². The van der Waals surface area contributed by atoms with E-state index in [1.54, 1.807) is 11.3 Å². The van der Waals surface area contributed by atoms with Crippen molar-refractivity contribution >= 4 is 11.3 Å². The van der Waals surface area contributed by atoms with Crippen molar-refractivity contribution in [2.24, 2.45) is 0 Å². The minimum absolute atomic E-state index is 0.720. The van der Waals surface area contributed by atoms with Crippen molar-refractivity contribution in [3.05, 3.63) is 22.4 Å². The summed E-state index contributed by atoms with van der Waals surface area (Å²) in [6.07, 6.45) is 2.51. The van der Waals surface area contributed by atoms with Crippen LogP contribution < -0.4 is 5.32 Å². The first-order valence-electron chi connectivity index (χ1n) is 5.29. The number of hydrogen-bond donors (Lipinski definition) is 1. The van der Waals surface area contributed by atoms with Crippen LogP contribution in [0.25, 0.3) is 0 Å². The lowest BCUT2D eigenvalue weighted by molar-refractivity contribution is 0.334. The molecule has 1 unspecified atom stereocenters. The zero-order chi connectivity index (χ0) is 9.80. The molecule has 3 heteroatoms. The van der Waals surface area contributed by atoms with Crippen molar-refractivity contribution in [1.29, 1.82) is 0 Å². The average molecular weight is 210 g/mol. The van der Waals surface area contributed by atoms with Gasteiger partial charge in [-0.15, -0.1) is 0 Å². The number of nitrogens with one attached hydrogen (secondary N) is 1. The predicted molar refractivity (Wildman–Crippen MR) is 61.9 cm³/mol. The van der Waals surface area contributed by atoms with E-state index in [9.17, 15) is 0 Å². The van der Waals surface area contributed by atoms with Crippen molar-refractivity contribution in [1.82, 2.24) is 10.2 Å². The molecule has 0 bridgehead atoms. The van der Waals surface area contributed by atoms with Crippen LogP contribution in [-0.2, 0) is 6.42 Å². The number of thiophene rings is 1. The van der Waals surface area contributed by atoms with E-state index in [2.05, 4.69) is 34.1 Å². The number of rotatable bonds is 4. The van der Waals surface area contributed by atoms with Crippen LogP contribution in [0.3, 0.4) is 0 Å². The molecule has 1 saturated heterocycles. The van der Waals surface area contributed by atoms with Gasteiger partial charge in [-0.1, -0.05) is 0 Å². The molecule has 1 N–H and O–H groups in total. The van der Waals surface area contributed by atoms with Crippen molar-refractivity contribution in [2.75, 3.05) is 26.7 Å². The standard InChI is InChI=1S/C11H18N2S/c1-12-11-3-6-13(8-11)5-2-10-4-7-14-9-10/h4,7,9,11-12H,2-3,5-6,8H2,1H3. The fourth-order valence-electron chi connectivity index (χ4n) is 1.99. The Morgan fingerprint density at radius 2 is 2.57 bits per heavy atom. The molecule has 78 valence electrons. The Morgan fingerprint density at radius 3 is 3.21 bits per heavy atom. The quantitative estimate of drug-likeness (QED) is 0.812. The molecule has 2 heterocycles. The highest BCUT2D eigenvalue weighted by Gasteiger charge is 2.19. The van der Waals surface area contributed by atoms with Gasteiger partial charge in [0.25, 0.3) is 0 Å². The van der Waals surface area contributed by atoms with E-state index in [0.717, 1.165) is 6.04 Å². The molecule has 0 amide bonds.